The van der Waals surface area contributed by atoms with E-state index in [1.165, 1.54) is 4.90 Å². The summed E-state index contributed by atoms with van der Waals surface area (Å²) >= 11 is 0. The number of unbranched alkanes of at least 4 members (excludes halogenated alkanes) is 2. The number of fused-ring (bicyclic) bond motifs is 5. The van der Waals surface area contributed by atoms with Crippen LogP contribution in [0.3, 0.4) is 0 Å². The summed E-state index contributed by atoms with van der Waals surface area (Å²) in [6, 6.07) is 14.6. The molecule has 0 radical (unpaired) electrons. The smallest absolute Gasteiger partial charge is 0.332 e. The summed E-state index contributed by atoms with van der Waals surface area (Å²) in [5, 5.41) is 1.10. The number of benzene rings is 2. The summed E-state index contributed by atoms with van der Waals surface area (Å²) in [4.78, 5) is 49.2. The van der Waals surface area contributed by atoms with Crippen molar-refractivity contribution in [2.45, 2.75) is 58.4 Å². The zero-order chi connectivity index (χ0) is 25.4. The summed E-state index contributed by atoms with van der Waals surface area (Å²) in [7, 11) is 0. The van der Waals surface area contributed by atoms with Crippen LogP contribution in [0.2, 0.25) is 0 Å². The summed E-state index contributed by atoms with van der Waals surface area (Å²) in [5.74, 6) is -0.349. The van der Waals surface area contributed by atoms with E-state index < -0.39 is 5.54 Å². The van der Waals surface area contributed by atoms with Gasteiger partial charge in [-0.05, 0) is 56.0 Å². The zero-order valence-corrected chi connectivity index (χ0v) is 21.3. The Morgan fingerprint density at radius 2 is 1.75 bits per heavy atom. The molecule has 2 aromatic carbocycles. The van der Waals surface area contributed by atoms with Crippen LogP contribution in [-0.4, -0.2) is 52.3 Å². The number of para-hydroxylation sites is 1. The average Bonchev–Trinajstić information content (AvgIpc) is 3.37. The molecule has 3 heterocycles. The minimum atomic E-state index is -1.11. The first-order valence-electron chi connectivity index (χ1n) is 13.1. The molecule has 4 amide bonds. The van der Waals surface area contributed by atoms with Gasteiger partial charge in [-0.3, -0.25) is 9.59 Å². The molecule has 5 rings (SSSR count). The molecular formula is C29H34N4O3. The van der Waals surface area contributed by atoms with Crippen LogP contribution >= 0.6 is 0 Å². The fourth-order valence-corrected chi connectivity index (χ4v) is 5.59. The van der Waals surface area contributed by atoms with Gasteiger partial charge in [0.2, 0.25) is 0 Å². The van der Waals surface area contributed by atoms with Crippen LogP contribution in [0.5, 0.6) is 0 Å². The molecule has 1 fully saturated rings. The third-order valence-electron chi connectivity index (χ3n) is 7.67. The molecule has 36 heavy (non-hydrogen) atoms. The number of aromatic amines is 1. The van der Waals surface area contributed by atoms with E-state index in [0.29, 0.717) is 37.3 Å². The number of anilines is 1. The van der Waals surface area contributed by atoms with Crippen molar-refractivity contribution in [2.75, 3.05) is 24.5 Å². The molecule has 1 aromatic heterocycles. The third-order valence-corrected chi connectivity index (χ3v) is 7.67. The van der Waals surface area contributed by atoms with Gasteiger partial charge in [0.05, 0.1) is 11.4 Å². The number of nitrogens with one attached hydrogen (secondary N) is 1. The standard InChI is InChI=1S/C29H34N4O3/c1-4-6-16-31(17-7-5-2)26(34)20-11-10-12-21(19-20)33-27(35)29(3)25-23(15-18-32(29)28(33)36)22-13-8-9-14-24(22)30-25/h8-14,19,30H,4-7,15-18H2,1-3H3/t29-/m0/s1. The van der Waals surface area contributed by atoms with Crippen molar-refractivity contribution in [3.8, 4) is 0 Å². The van der Waals surface area contributed by atoms with Gasteiger partial charge in [0.15, 0.2) is 5.54 Å². The summed E-state index contributed by atoms with van der Waals surface area (Å²) < 4.78 is 0. The number of nitrogens with zero attached hydrogens (tertiary/aromatic N) is 3. The second kappa shape index (κ2) is 9.45. The van der Waals surface area contributed by atoms with Gasteiger partial charge in [-0.15, -0.1) is 0 Å². The highest BCUT2D eigenvalue weighted by molar-refractivity contribution is 6.24. The van der Waals surface area contributed by atoms with E-state index in [0.717, 1.165) is 47.8 Å². The zero-order valence-electron chi connectivity index (χ0n) is 21.3. The van der Waals surface area contributed by atoms with Gasteiger partial charge in [-0.25, -0.2) is 9.69 Å². The van der Waals surface area contributed by atoms with Crippen molar-refractivity contribution in [3.05, 3.63) is 65.4 Å². The number of carbonyl (C=O) groups is 3. The second-order valence-electron chi connectivity index (χ2n) is 9.97. The van der Waals surface area contributed by atoms with Crippen LogP contribution in [0.15, 0.2) is 48.5 Å². The average molecular weight is 487 g/mol. The highest BCUT2D eigenvalue weighted by Crippen LogP contribution is 2.45. The van der Waals surface area contributed by atoms with Crippen molar-refractivity contribution in [1.82, 2.24) is 14.8 Å². The molecule has 2 aliphatic heterocycles. The van der Waals surface area contributed by atoms with Gasteiger partial charge in [-0.1, -0.05) is 51.0 Å². The number of urea groups is 1. The van der Waals surface area contributed by atoms with Gasteiger partial charge >= 0.3 is 6.03 Å². The molecule has 0 spiro atoms. The number of carbonyl (C=O) groups excluding carboxylic acids is 3. The minimum Gasteiger partial charge on any atom is -0.356 e. The Bertz CT molecular complexity index is 1320. The predicted molar refractivity (Wildman–Crippen MR) is 141 cm³/mol. The van der Waals surface area contributed by atoms with E-state index in [-0.39, 0.29) is 17.8 Å². The molecule has 7 heteroatoms. The van der Waals surface area contributed by atoms with E-state index in [2.05, 4.69) is 24.9 Å². The van der Waals surface area contributed by atoms with Gasteiger partial charge in [0.1, 0.15) is 0 Å². The first-order valence-corrected chi connectivity index (χ1v) is 13.1. The maximum Gasteiger partial charge on any atom is 0.332 e. The lowest BCUT2D eigenvalue weighted by Gasteiger charge is -2.35. The van der Waals surface area contributed by atoms with Crippen LogP contribution in [-0.2, 0) is 16.8 Å². The molecule has 1 N–H and O–H groups in total. The SMILES string of the molecule is CCCCN(CCCC)C(=O)c1cccc(N2C(=O)N3CCc4c([nH]c5ccccc45)[C@@]3(C)C2=O)c1. The topological polar surface area (TPSA) is 76.7 Å². The molecule has 2 aliphatic rings. The third kappa shape index (κ3) is 3.69. The number of hydrogen-bond acceptors (Lipinski definition) is 3. The molecule has 0 unspecified atom stereocenters. The lowest BCUT2D eigenvalue weighted by Crippen LogP contribution is -2.49. The van der Waals surface area contributed by atoms with E-state index in [1.807, 2.05) is 30.0 Å². The molecule has 1 saturated heterocycles. The van der Waals surface area contributed by atoms with Crippen LogP contribution in [0.4, 0.5) is 10.5 Å². The fourth-order valence-electron chi connectivity index (χ4n) is 5.59. The second-order valence-corrected chi connectivity index (χ2v) is 9.97. The maximum atomic E-state index is 14.0. The Hall–Kier alpha value is -3.61. The molecule has 7 nitrogen and oxygen atoms in total. The van der Waals surface area contributed by atoms with Gasteiger partial charge < -0.3 is 14.8 Å². The number of amides is 4. The molecule has 0 saturated carbocycles. The maximum absolute atomic E-state index is 14.0. The van der Waals surface area contributed by atoms with E-state index in [9.17, 15) is 14.4 Å². The highest BCUT2D eigenvalue weighted by Gasteiger charge is 2.59. The van der Waals surface area contributed by atoms with Gasteiger partial charge in [-0.2, -0.15) is 0 Å². The predicted octanol–water partition coefficient (Wildman–Crippen LogP) is 5.45. The quantitative estimate of drug-likeness (QED) is 0.430. The van der Waals surface area contributed by atoms with Crippen LogP contribution in [0.25, 0.3) is 10.9 Å². The van der Waals surface area contributed by atoms with Crippen LogP contribution < -0.4 is 4.90 Å². The van der Waals surface area contributed by atoms with E-state index >= 15 is 0 Å². The minimum absolute atomic E-state index is 0.0558. The number of imide groups is 1. The van der Waals surface area contributed by atoms with Crippen molar-refractivity contribution < 1.29 is 14.4 Å². The van der Waals surface area contributed by atoms with Crippen molar-refractivity contribution >= 4 is 34.4 Å². The highest BCUT2D eigenvalue weighted by atomic mass is 16.2. The molecule has 0 aliphatic carbocycles. The van der Waals surface area contributed by atoms with Crippen molar-refractivity contribution in [2.24, 2.45) is 0 Å². The van der Waals surface area contributed by atoms with Crippen LogP contribution in [0.1, 0.15) is 68.1 Å². The molecule has 1 atom stereocenters. The lowest BCUT2D eigenvalue weighted by molar-refractivity contribution is -0.125. The van der Waals surface area contributed by atoms with Gasteiger partial charge in [0, 0.05) is 36.1 Å². The molecule has 0 bridgehead atoms. The lowest BCUT2D eigenvalue weighted by atomic mass is 9.87. The summed E-state index contributed by atoms with van der Waals surface area (Å²) in [5.41, 5.74) is 2.68. The molecular weight excluding hydrogens is 452 g/mol. The fraction of sp³-hybridized carbons (Fsp3) is 0.414. The first-order chi connectivity index (χ1) is 17.4. The molecule has 3 aromatic rings. The van der Waals surface area contributed by atoms with Crippen LogP contribution in [0, 0.1) is 0 Å². The van der Waals surface area contributed by atoms with Crippen molar-refractivity contribution in [3.63, 3.8) is 0 Å². The Morgan fingerprint density at radius 1 is 1.03 bits per heavy atom. The summed E-state index contributed by atoms with van der Waals surface area (Å²) in [6.45, 7) is 7.93. The Morgan fingerprint density at radius 3 is 2.47 bits per heavy atom. The monoisotopic (exact) mass is 486 g/mol. The van der Waals surface area contributed by atoms with Crippen molar-refractivity contribution in [1.29, 1.82) is 0 Å². The number of rotatable bonds is 8. The Kier molecular flexibility index (Phi) is 6.33. The normalized spacial score (nSPS) is 19.1. The Balaban J connectivity index is 1.49. The largest absolute Gasteiger partial charge is 0.356 e. The van der Waals surface area contributed by atoms with E-state index in [4.69, 9.17) is 0 Å². The first kappa shape index (κ1) is 24.1. The van der Waals surface area contributed by atoms with Gasteiger partial charge in [0.25, 0.3) is 11.8 Å². The number of H-pyrrole nitrogens is 1. The number of hydrogen-bond donors (Lipinski definition) is 1. The van der Waals surface area contributed by atoms with E-state index in [1.54, 1.807) is 29.2 Å². The molecule has 188 valence electrons. The summed E-state index contributed by atoms with van der Waals surface area (Å²) in [6.07, 6.45) is 4.59. The number of aromatic nitrogens is 1. The Labute approximate surface area is 212 Å².